The summed E-state index contributed by atoms with van der Waals surface area (Å²) in [6.07, 6.45) is 0.683. The molecule has 1 heterocycles. The van der Waals surface area contributed by atoms with E-state index in [1.807, 2.05) is 0 Å². The molecule has 0 spiro atoms. The number of amides is 1. The molecule has 7 nitrogen and oxygen atoms in total. The first kappa shape index (κ1) is 13.4. The van der Waals surface area contributed by atoms with E-state index in [2.05, 4.69) is 10.6 Å². The highest BCUT2D eigenvalue weighted by Gasteiger charge is 2.27. The molecule has 0 saturated carbocycles. The number of piperidine rings is 1. The zero-order valence-electron chi connectivity index (χ0n) is 9.31. The predicted molar refractivity (Wildman–Crippen MR) is 57.4 cm³/mol. The second-order valence-corrected chi connectivity index (χ2v) is 4.02. The minimum absolute atomic E-state index is 0.230. The summed E-state index contributed by atoms with van der Waals surface area (Å²) < 4.78 is 0. The minimum atomic E-state index is -1.35. The lowest BCUT2D eigenvalue weighted by atomic mass is 9.97. The highest BCUT2D eigenvalue weighted by atomic mass is 16.4. The number of aliphatic carboxylic acids is 2. The van der Waals surface area contributed by atoms with Crippen LogP contribution in [-0.2, 0) is 14.4 Å². The number of carbonyl (C=O) groups is 3. The molecular weight excluding hydrogens is 228 g/mol. The summed E-state index contributed by atoms with van der Waals surface area (Å²) in [5, 5.41) is 22.7. The second-order valence-electron chi connectivity index (χ2n) is 4.02. The number of carboxylic acids is 2. The first-order valence-corrected chi connectivity index (χ1v) is 5.46. The van der Waals surface area contributed by atoms with Gasteiger partial charge in [-0.15, -0.1) is 0 Å². The van der Waals surface area contributed by atoms with Gasteiger partial charge in [0, 0.05) is 5.92 Å². The van der Waals surface area contributed by atoms with E-state index < -0.39 is 24.4 Å². The number of rotatable bonds is 5. The summed E-state index contributed by atoms with van der Waals surface area (Å²) in [6, 6.07) is -1.35. The molecule has 96 valence electrons. The van der Waals surface area contributed by atoms with Crippen molar-refractivity contribution < 1.29 is 24.6 Å². The number of nitrogens with one attached hydrogen (secondary N) is 2. The fourth-order valence-corrected chi connectivity index (χ4v) is 1.75. The largest absolute Gasteiger partial charge is 0.481 e. The van der Waals surface area contributed by atoms with Gasteiger partial charge in [0.25, 0.3) is 0 Å². The summed E-state index contributed by atoms with van der Waals surface area (Å²) >= 11 is 0. The van der Waals surface area contributed by atoms with Crippen molar-refractivity contribution in [2.24, 2.45) is 5.92 Å². The Balaban J connectivity index is 2.50. The van der Waals surface area contributed by atoms with Gasteiger partial charge in [-0.05, 0) is 25.9 Å². The molecule has 1 aliphatic rings. The molecule has 1 amide bonds. The molecule has 0 aliphatic carbocycles. The maximum absolute atomic E-state index is 11.7. The molecule has 0 unspecified atom stereocenters. The summed E-state index contributed by atoms with van der Waals surface area (Å²) in [4.78, 5) is 32.9. The van der Waals surface area contributed by atoms with Crippen LogP contribution in [0, 0.1) is 5.92 Å². The van der Waals surface area contributed by atoms with Crippen LogP contribution in [0.25, 0.3) is 0 Å². The summed E-state index contributed by atoms with van der Waals surface area (Å²) in [7, 11) is 0. The van der Waals surface area contributed by atoms with Crippen LogP contribution >= 0.6 is 0 Å². The van der Waals surface area contributed by atoms with Crippen molar-refractivity contribution >= 4 is 17.8 Å². The van der Waals surface area contributed by atoms with E-state index in [0.29, 0.717) is 12.8 Å². The molecule has 1 aliphatic heterocycles. The van der Waals surface area contributed by atoms with E-state index in [1.54, 1.807) is 0 Å². The van der Waals surface area contributed by atoms with Crippen LogP contribution in [-0.4, -0.2) is 47.2 Å². The van der Waals surface area contributed by atoms with Gasteiger partial charge in [0.15, 0.2) is 0 Å². The molecule has 17 heavy (non-hydrogen) atoms. The summed E-state index contributed by atoms with van der Waals surface area (Å²) in [6.45, 7) is 1.43. The zero-order valence-corrected chi connectivity index (χ0v) is 9.31. The number of hydrogen-bond acceptors (Lipinski definition) is 4. The maximum Gasteiger partial charge on any atom is 0.326 e. The molecular formula is C10H16N2O5. The third-order valence-corrected chi connectivity index (χ3v) is 2.70. The summed E-state index contributed by atoms with van der Waals surface area (Å²) in [5.41, 5.74) is 0. The fourth-order valence-electron chi connectivity index (χ4n) is 1.75. The molecule has 0 bridgehead atoms. The van der Waals surface area contributed by atoms with Crippen molar-refractivity contribution in [1.29, 1.82) is 0 Å². The van der Waals surface area contributed by atoms with Gasteiger partial charge < -0.3 is 20.8 Å². The van der Waals surface area contributed by atoms with Gasteiger partial charge in [-0.25, -0.2) is 4.79 Å². The average Bonchev–Trinajstić information content (AvgIpc) is 2.28. The lowest BCUT2D eigenvalue weighted by Crippen LogP contribution is -2.46. The van der Waals surface area contributed by atoms with Crippen LogP contribution in [0.15, 0.2) is 0 Å². The second kappa shape index (κ2) is 6.19. The van der Waals surface area contributed by atoms with Crippen molar-refractivity contribution in [2.45, 2.75) is 25.3 Å². The Kier molecular flexibility index (Phi) is 4.89. The minimum Gasteiger partial charge on any atom is -0.481 e. The number of carboxylic acid groups (broad SMARTS) is 2. The van der Waals surface area contributed by atoms with E-state index in [0.717, 1.165) is 13.1 Å². The van der Waals surface area contributed by atoms with Crippen LogP contribution in [0.1, 0.15) is 19.3 Å². The fraction of sp³-hybridized carbons (Fsp3) is 0.700. The van der Waals surface area contributed by atoms with Gasteiger partial charge in [0.1, 0.15) is 6.04 Å². The Hall–Kier alpha value is -1.63. The molecule has 0 aromatic rings. The maximum atomic E-state index is 11.7. The molecule has 1 fully saturated rings. The third-order valence-electron chi connectivity index (χ3n) is 2.70. The van der Waals surface area contributed by atoms with E-state index in [1.165, 1.54) is 0 Å². The highest BCUT2D eigenvalue weighted by Crippen LogP contribution is 2.12. The molecule has 0 aromatic heterocycles. The third kappa shape index (κ3) is 4.39. The monoisotopic (exact) mass is 244 g/mol. The van der Waals surface area contributed by atoms with Crippen LogP contribution in [0.4, 0.5) is 0 Å². The van der Waals surface area contributed by atoms with E-state index in [9.17, 15) is 14.4 Å². The predicted octanol–water partition coefficient (Wildman–Crippen LogP) is -0.970. The van der Waals surface area contributed by atoms with Crippen LogP contribution in [0.2, 0.25) is 0 Å². The highest BCUT2D eigenvalue weighted by molar-refractivity contribution is 5.87. The van der Waals surface area contributed by atoms with E-state index in [-0.39, 0.29) is 11.8 Å². The normalized spacial score (nSPS) is 18.4. The molecule has 4 N–H and O–H groups in total. The van der Waals surface area contributed by atoms with Gasteiger partial charge in [-0.1, -0.05) is 0 Å². The van der Waals surface area contributed by atoms with Crippen LogP contribution in [0.3, 0.4) is 0 Å². The molecule has 0 radical (unpaired) electrons. The topological polar surface area (TPSA) is 116 Å². The van der Waals surface area contributed by atoms with Crippen molar-refractivity contribution in [1.82, 2.24) is 10.6 Å². The van der Waals surface area contributed by atoms with Gasteiger partial charge in [-0.3, -0.25) is 9.59 Å². The lowest BCUT2D eigenvalue weighted by molar-refractivity contribution is -0.147. The smallest absolute Gasteiger partial charge is 0.326 e. The van der Waals surface area contributed by atoms with Crippen molar-refractivity contribution in [2.75, 3.05) is 13.1 Å². The molecule has 1 saturated heterocycles. The number of carbonyl (C=O) groups excluding carboxylic acids is 1. The van der Waals surface area contributed by atoms with Crippen molar-refractivity contribution in [3.63, 3.8) is 0 Å². The zero-order chi connectivity index (χ0) is 12.8. The van der Waals surface area contributed by atoms with Gasteiger partial charge in [-0.2, -0.15) is 0 Å². The Bertz CT molecular complexity index is 312. The quantitative estimate of drug-likeness (QED) is 0.494. The summed E-state index contributed by atoms with van der Waals surface area (Å²) in [5.74, 6) is -3.18. The molecule has 7 heteroatoms. The van der Waals surface area contributed by atoms with Gasteiger partial charge in [0.05, 0.1) is 6.42 Å². The lowest BCUT2D eigenvalue weighted by Gasteiger charge is -2.23. The van der Waals surface area contributed by atoms with Crippen molar-refractivity contribution in [3.05, 3.63) is 0 Å². The van der Waals surface area contributed by atoms with Gasteiger partial charge >= 0.3 is 11.9 Å². The van der Waals surface area contributed by atoms with Crippen LogP contribution < -0.4 is 10.6 Å². The van der Waals surface area contributed by atoms with Crippen molar-refractivity contribution in [3.8, 4) is 0 Å². The van der Waals surface area contributed by atoms with E-state index in [4.69, 9.17) is 10.2 Å². The Morgan fingerprint density at radius 1 is 1.24 bits per heavy atom. The first-order chi connectivity index (χ1) is 8.00. The van der Waals surface area contributed by atoms with E-state index >= 15 is 0 Å². The SMILES string of the molecule is O=C(O)C[C@H](NC(=O)C1CCNCC1)C(=O)O. The Morgan fingerprint density at radius 3 is 2.29 bits per heavy atom. The van der Waals surface area contributed by atoms with Crippen LogP contribution in [0.5, 0.6) is 0 Å². The molecule has 1 atom stereocenters. The van der Waals surface area contributed by atoms with Gasteiger partial charge in [0.2, 0.25) is 5.91 Å². The molecule has 0 aromatic carbocycles. The Labute approximate surface area is 98.2 Å². The first-order valence-electron chi connectivity index (χ1n) is 5.46. The average molecular weight is 244 g/mol. The number of hydrogen-bond donors (Lipinski definition) is 4. The standard InChI is InChI=1S/C10H16N2O5/c13-8(14)5-7(10(16)17)12-9(15)6-1-3-11-4-2-6/h6-7,11H,1-5H2,(H,12,15)(H,13,14)(H,16,17)/t7-/m0/s1. The molecule has 1 rings (SSSR count). The Morgan fingerprint density at radius 2 is 1.82 bits per heavy atom.